The third kappa shape index (κ3) is 4.68. The van der Waals surface area contributed by atoms with Gasteiger partial charge in [0, 0.05) is 37.8 Å². The number of ether oxygens (including phenoxy) is 1. The molecular formula is C25H22F3N3O3. The molecule has 0 fully saturated rings. The Balaban J connectivity index is 1.76. The molecule has 9 heteroatoms. The molecule has 0 bridgehead atoms. The van der Waals surface area contributed by atoms with Crippen molar-refractivity contribution in [2.75, 3.05) is 0 Å². The second kappa shape index (κ2) is 8.74. The van der Waals surface area contributed by atoms with Crippen molar-refractivity contribution in [2.24, 2.45) is 12.8 Å². The molecule has 0 atom stereocenters. The number of benzene rings is 2. The van der Waals surface area contributed by atoms with Crippen molar-refractivity contribution in [1.82, 2.24) is 9.13 Å². The summed E-state index contributed by atoms with van der Waals surface area (Å²) < 4.78 is 47.7. The number of carbonyl (C=O) groups is 1. The lowest BCUT2D eigenvalue weighted by Crippen LogP contribution is -2.16. The molecule has 0 spiro atoms. The second-order valence-corrected chi connectivity index (χ2v) is 8.08. The van der Waals surface area contributed by atoms with Gasteiger partial charge in [0.2, 0.25) is 5.91 Å². The van der Waals surface area contributed by atoms with Crippen LogP contribution in [0.1, 0.15) is 17.5 Å². The van der Waals surface area contributed by atoms with E-state index in [1.54, 1.807) is 25.2 Å². The molecule has 6 nitrogen and oxygen atoms in total. The van der Waals surface area contributed by atoms with Crippen molar-refractivity contribution in [3.63, 3.8) is 0 Å². The van der Waals surface area contributed by atoms with Gasteiger partial charge >= 0.3 is 6.18 Å². The van der Waals surface area contributed by atoms with Gasteiger partial charge in [-0.25, -0.2) is 0 Å². The largest absolute Gasteiger partial charge is 0.457 e. The molecule has 1 amide bonds. The summed E-state index contributed by atoms with van der Waals surface area (Å²) in [5, 5.41) is 0. The molecule has 0 aliphatic heterocycles. The highest BCUT2D eigenvalue weighted by Crippen LogP contribution is 2.35. The van der Waals surface area contributed by atoms with Crippen molar-refractivity contribution in [2.45, 2.75) is 26.1 Å². The predicted octanol–water partition coefficient (Wildman–Crippen LogP) is 5.00. The first kappa shape index (κ1) is 23.2. The lowest BCUT2D eigenvalue weighted by atomic mass is 10.0. The summed E-state index contributed by atoms with van der Waals surface area (Å²) in [4.78, 5) is 23.7. The molecule has 176 valence electrons. The molecule has 0 radical (unpaired) electrons. The van der Waals surface area contributed by atoms with E-state index in [0.29, 0.717) is 17.8 Å². The molecule has 0 aliphatic rings. The summed E-state index contributed by atoms with van der Waals surface area (Å²) in [5.41, 5.74) is 8.19. The molecule has 0 saturated heterocycles. The Kier molecular flexibility index (Phi) is 5.95. The molecule has 2 heterocycles. The van der Waals surface area contributed by atoms with E-state index in [2.05, 4.69) is 0 Å². The highest BCUT2D eigenvalue weighted by atomic mass is 19.4. The Bertz CT molecular complexity index is 1430. The number of nitrogens with two attached hydrogens (primary N) is 1. The van der Waals surface area contributed by atoms with Crippen LogP contribution >= 0.6 is 0 Å². The molecule has 2 aromatic carbocycles. The fourth-order valence-corrected chi connectivity index (χ4v) is 3.90. The fourth-order valence-electron chi connectivity index (χ4n) is 3.90. The van der Waals surface area contributed by atoms with Crippen LogP contribution < -0.4 is 16.0 Å². The second-order valence-electron chi connectivity index (χ2n) is 8.08. The Morgan fingerprint density at radius 3 is 2.38 bits per heavy atom. The molecule has 0 aliphatic carbocycles. The van der Waals surface area contributed by atoms with Crippen LogP contribution in [0.4, 0.5) is 13.2 Å². The van der Waals surface area contributed by atoms with E-state index in [4.69, 9.17) is 10.5 Å². The predicted molar refractivity (Wildman–Crippen MR) is 123 cm³/mol. The van der Waals surface area contributed by atoms with Crippen molar-refractivity contribution in [1.29, 1.82) is 0 Å². The van der Waals surface area contributed by atoms with Gasteiger partial charge < -0.3 is 19.6 Å². The van der Waals surface area contributed by atoms with Crippen molar-refractivity contribution in [3.05, 3.63) is 82.3 Å². The number of pyridine rings is 1. The monoisotopic (exact) mass is 469 g/mol. The topological polar surface area (TPSA) is 79.2 Å². The molecule has 0 unspecified atom stereocenters. The van der Waals surface area contributed by atoms with E-state index in [9.17, 15) is 22.8 Å². The van der Waals surface area contributed by atoms with Gasteiger partial charge in [-0.3, -0.25) is 9.59 Å². The normalized spacial score (nSPS) is 11.7. The first-order valence-electron chi connectivity index (χ1n) is 10.5. The number of carbonyl (C=O) groups excluding carboxylic acids is 1. The Hall–Kier alpha value is -4.01. The van der Waals surface area contributed by atoms with Crippen LogP contribution in [-0.2, 0) is 24.6 Å². The summed E-state index contributed by atoms with van der Waals surface area (Å²) in [6, 6.07) is 13.1. The van der Waals surface area contributed by atoms with Gasteiger partial charge in [0.05, 0.1) is 16.6 Å². The van der Waals surface area contributed by atoms with E-state index < -0.39 is 17.6 Å². The average molecular weight is 469 g/mol. The zero-order valence-electron chi connectivity index (χ0n) is 18.5. The highest BCUT2D eigenvalue weighted by Gasteiger charge is 2.30. The summed E-state index contributed by atoms with van der Waals surface area (Å²) in [7, 11) is 1.67. The number of halogens is 3. The molecule has 4 rings (SSSR count). The van der Waals surface area contributed by atoms with Gasteiger partial charge in [0.15, 0.2) is 0 Å². The first-order chi connectivity index (χ1) is 16.0. The van der Waals surface area contributed by atoms with E-state index in [-0.39, 0.29) is 17.7 Å². The van der Waals surface area contributed by atoms with E-state index in [1.165, 1.54) is 22.8 Å². The van der Waals surface area contributed by atoms with Crippen molar-refractivity contribution >= 4 is 16.9 Å². The van der Waals surface area contributed by atoms with Crippen LogP contribution in [0.2, 0.25) is 0 Å². The number of aryl methyl sites for hydroxylation is 3. The number of fused-ring (bicyclic) bond motifs is 1. The Morgan fingerprint density at radius 2 is 1.74 bits per heavy atom. The summed E-state index contributed by atoms with van der Waals surface area (Å²) >= 11 is 0. The van der Waals surface area contributed by atoms with Crippen LogP contribution in [0.5, 0.6) is 11.5 Å². The molecule has 2 aromatic heterocycles. The number of rotatable bonds is 6. The van der Waals surface area contributed by atoms with E-state index >= 15 is 0 Å². The third-order valence-corrected chi connectivity index (χ3v) is 5.52. The molecule has 4 aromatic rings. The van der Waals surface area contributed by atoms with Crippen LogP contribution in [-0.4, -0.2) is 15.0 Å². The maximum absolute atomic E-state index is 12.8. The van der Waals surface area contributed by atoms with Gasteiger partial charge in [0.1, 0.15) is 11.5 Å². The highest BCUT2D eigenvalue weighted by molar-refractivity contribution is 5.94. The van der Waals surface area contributed by atoms with Gasteiger partial charge in [-0.05, 0) is 60.5 Å². The van der Waals surface area contributed by atoms with Crippen LogP contribution in [0.3, 0.4) is 0 Å². The number of primary amides is 1. The number of nitrogens with zero attached hydrogens (tertiary/aromatic N) is 2. The average Bonchev–Trinajstić information content (AvgIpc) is 3.13. The third-order valence-electron chi connectivity index (χ3n) is 5.52. The van der Waals surface area contributed by atoms with Crippen LogP contribution in [0.15, 0.2) is 65.6 Å². The van der Waals surface area contributed by atoms with Gasteiger partial charge in [0.25, 0.3) is 5.56 Å². The first-order valence-corrected chi connectivity index (χ1v) is 10.5. The quantitative estimate of drug-likeness (QED) is 0.432. The maximum Gasteiger partial charge on any atom is 0.416 e. The maximum atomic E-state index is 12.8. The minimum atomic E-state index is -4.42. The SMILES string of the molecule is Cc1cc(Oc2ccc(C(F)(F)F)cc2)cc(-c2cn(CCC(N)=O)c3ccc(=O)n(C)c23)c1. The zero-order valence-corrected chi connectivity index (χ0v) is 18.5. The Morgan fingerprint density at radius 1 is 1.03 bits per heavy atom. The van der Waals surface area contributed by atoms with Crippen LogP contribution in [0.25, 0.3) is 22.2 Å². The molecule has 0 saturated carbocycles. The van der Waals surface area contributed by atoms with Crippen LogP contribution in [0, 0.1) is 6.92 Å². The minimum absolute atomic E-state index is 0.141. The smallest absolute Gasteiger partial charge is 0.416 e. The van der Waals surface area contributed by atoms with E-state index in [1.807, 2.05) is 23.8 Å². The van der Waals surface area contributed by atoms with Gasteiger partial charge in [-0.2, -0.15) is 13.2 Å². The number of aromatic nitrogens is 2. The van der Waals surface area contributed by atoms with Crippen molar-refractivity contribution < 1.29 is 22.7 Å². The van der Waals surface area contributed by atoms with Crippen molar-refractivity contribution in [3.8, 4) is 22.6 Å². The lowest BCUT2D eigenvalue weighted by Gasteiger charge is -2.11. The van der Waals surface area contributed by atoms with E-state index in [0.717, 1.165) is 34.3 Å². The Labute approximate surface area is 193 Å². The van der Waals surface area contributed by atoms with Gasteiger partial charge in [-0.15, -0.1) is 0 Å². The summed E-state index contributed by atoms with van der Waals surface area (Å²) in [6.07, 6.45) is -2.43. The molecular weight excluding hydrogens is 447 g/mol. The summed E-state index contributed by atoms with van der Waals surface area (Å²) in [5.74, 6) is 0.269. The lowest BCUT2D eigenvalue weighted by molar-refractivity contribution is -0.137. The zero-order chi connectivity index (χ0) is 24.6. The minimum Gasteiger partial charge on any atom is -0.457 e. The van der Waals surface area contributed by atoms with Gasteiger partial charge in [-0.1, -0.05) is 6.07 Å². The molecule has 34 heavy (non-hydrogen) atoms. The number of amides is 1. The molecule has 2 N–H and O–H groups in total. The number of hydrogen-bond acceptors (Lipinski definition) is 3. The number of alkyl halides is 3. The number of hydrogen-bond donors (Lipinski definition) is 1. The fraction of sp³-hybridized carbons (Fsp3) is 0.200. The summed E-state index contributed by atoms with van der Waals surface area (Å²) in [6.45, 7) is 2.22. The standard InChI is InChI=1S/C25H22F3N3O3/c1-15-11-16(13-19(12-15)34-18-5-3-17(4-6-18)25(26,27)28)20-14-31(10-9-22(29)32)21-7-8-23(33)30(2)24(20)21/h3-8,11-14H,9-10H2,1-2H3,(H2,29,32).